The lowest BCUT2D eigenvalue weighted by Crippen LogP contribution is -2.46. The smallest absolute Gasteiger partial charge is 0.107 e. The Bertz CT molecular complexity index is 442. The fourth-order valence-electron chi connectivity index (χ4n) is 2.33. The monoisotopic (exact) mass is 283 g/mol. The predicted molar refractivity (Wildman–Crippen MR) is 81.7 cm³/mol. The van der Waals surface area contributed by atoms with Crippen LogP contribution < -0.4 is 10.6 Å². The molecule has 0 aromatic heterocycles. The number of thiocarbonyl (C=S) groups is 1. The second kappa shape index (κ2) is 5.87. The van der Waals surface area contributed by atoms with Crippen LogP contribution in [0, 0.1) is 0 Å². The van der Waals surface area contributed by atoms with Gasteiger partial charge in [0.25, 0.3) is 0 Å². The van der Waals surface area contributed by atoms with Crippen molar-refractivity contribution in [2.24, 2.45) is 5.73 Å². The van der Waals surface area contributed by atoms with E-state index in [1.807, 2.05) is 18.2 Å². The van der Waals surface area contributed by atoms with E-state index in [0.717, 1.165) is 44.0 Å². The molecule has 0 aliphatic carbocycles. The van der Waals surface area contributed by atoms with Crippen molar-refractivity contribution in [1.82, 2.24) is 4.90 Å². The summed E-state index contributed by atoms with van der Waals surface area (Å²) in [6, 6.07) is 5.83. The Hall–Kier alpha value is -0.840. The van der Waals surface area contributed by atoms with Crippen LogP contribution in [0.15, 0.2) is 18.2 Å². The molecule has 1 saturated heterocycles. The molecule has 1 aliphatic heterocycles. The van der Waals surface area contributed by atoms with E-state index in [1.54, 1.807) is 0 Å². The van der Waals surface area contributed by atoms with Crippen LogP contribution in [0.5, 0.6) is 0 Å². The average Bonchev–Trinajstić information content (AvgIpc) is 2.38. The molecular weight excluding hydrogens is 266 g/mol. The standard InChI is InChI=1S/C13H18ClN3S/c1-2-16-6-8-17(9-7-16)11-5-3-4-10(14)12(11)13(15)18/h3-5H,2,6-9H2,1H3,(H2,15,18). The second-order valence-corrected chi connectivity index (χ2v) is 5.27. The maximum Gasteiger partial charge on any atom is 0.107 e. The fourth-order valence-corrected chi connectivity index (χ4v) is 2.87. The van der Waals surface area contributed by atoms with Crippen LogP contribution in [-0.4, -0.2) is 42.6 Å². The molecule has 0 bridgehead atoms. The largest absolute Gasteiger partial charge is 0.389 e. The number of hydrogen-bond donors (Lipinski definition) is 1. The van der Waals surface area contributed by atoms with Crippen molar-refractivity contribution >= 4 is 34.5 Å². The average molecular weight is 284 g/mol. The summed E-state index contributed by atoms with van der Waals surface area (Å²) in [5, 5.41) is 0.637. The van der Waals surface area contributed by atoms with Gasteiger partial charge in [-0.1, -0.05) is 36.8 Å². The number of benzene rings is 1. The zero-order valence-corrected chi connectivity index (χ0v) is 12.1. The van der Waals surface area contributed by atoms with Crippen LogP contribution in [0.2, 0.25) is 5.02 Å². The predicted octanol–water partition coefficient (Wildman–Crippen LogP) is 2.12. The normalized spacial score (nSPS) is 16.9. The lowest BCUT2D eigenvalue weighted by molar-refractivity contribution is 0.271. The number of nitrogens with zero attached hydrogens (tertiary/aromatic N) is 2. The van der Waals surface area contributed by atoms with Gasteiger partial charge in [0.15, 0.2) is 0 Å². The third-order valence-electron chi connectivity index (χ3n) is 3.40. The topological polar surface area (TPSA) is 32.5 Å². The summed E-state index contributed by atoms with van der Waals surface area (Å²) in [5.74, 6) is 0. The van der Waals surface area contributed by atoms with E-state index in [2.05, 4.69) is 16.7 Å². The lowest BCUT2D eigenvalue weighted by Gasteiger charge is -2.36. The summed E-state index contributed by atoms with van der Waals surface area (Å²) < 4.78 is 0. The molecule has 2 rings (SSSR count). The quantitative estimate of drug-likeness (QED) is 0.862. The summed E-state index contributed by atoms with van der Waals surface area (Å²) in [6.45, 7) is 7.41. The van der Waals surface area contributed by atoms with E-state index in [4.69, 9.17) is 29.6 Å². The minimum atomic E-state index is 0.369. The van der Waals surface area contributed by atoms with Crippen molar-refractivity contribution < 1.29 is 0 Å². The van der Waals surface area contributed by atoms with Gasteiger partial charge in [-0.3, -0.25) is 0 Å². The Morgan fingerprint density at radius 2 is 2.00 bits per heavy atom. The van der Waals surface area contributed by atoms with Gasteiger partial charge in [0, 0.05) is 31.9 Å². The van der Waals surface area contributed by atoms with E-state index in [0.29, 0.717) is 10.0 Å². The first kappa shape index (κ1) is 13.6. The highest BCUT2D eigenvalue weighted by Crippen LogP contribution is 2.28. The molecule has 5 heteroatoms. The summed E-state index contributed by atoms with van der Waals surface area (Å²) in [6.07, 6.45) is 0. The van der Waals surface area contributed by atoms with Crippen molar-refractivity contribution in [3.8, 4) is 0 Å². The molecule has 0 amide bonds. The highest BCUT2D eigenvalue weighted by molar-refractivity contribution is 7.80. The summed E-state index contributed by atoms with van der Waals surface area (Å²) in [5.41, 5.74) is 7.65. The van der Waals surface area contributed by atoms with Gasteiger partial charge in [-0.2, -0.15) is 0 Å². The maximum absolute atomic E-state index is 6.19. The second-order valence-electron chi connectivity index (χ2n) is 4.42. The number of anilines is 1. The van der Waals surface area contributed by atoms with Gasteiger partial charge in [-0.05, 0) is 18.7 Å². The molecule has 0 unspecified atom stereocenters. The Morgan fingerprint density at radius 1 is 1.33 bits per heavy atom. The highest BCUT2D eigenvalue weighted by atomic mass is 35.5. The van der Waals surface area contributed by atoms with Gasteiger partial charge in [-0.15, -0.1) is 0 Å². The number of halogens is 1. The zero-order chi connectivity index (χ0) is 13.1. The Kier molecular flexibility index (Phi) is 4.43. The van der Waals surface area contributed by atoms with E-state index >= 15 is 0 Å². The Balaban J connectivity index is 2.24. The first-order valence-corrected chi connectivity index (χ1v) is 6.97. The van der Waals surface area contributed by atoms with Crippen LogP contribution in [0.1, 0.15) is 12.5 Å². The molecule has 1 aliphatic rings. The minimum absolute atomic E-state index is 0.369. The van der Waals surface area contributed by atoms with Crippen LogP contribution in [0.3, 0.4) is 0 Å². The Labute approximate surface area is 119 Å². The molecule has 98 valence electrons. The third-order valence-corrected chi connectivity index (χ3v) is 3.92. The molecule has 1 aromatic rings. The van der Waals surface area contributed by atoms with E-state index in [-0.39, 0.29) is 0 Å². The van der Waals surface area contributed by atoms with Crippen LogP contribution >= 0.6 is 23.8 Å². The number of hydrogen-bond acceptors (Lipinski definition) is 3. The lowest BCUT2D eigenvalue weighted by atomic mass is 10.1. The molecule has 0 atom stereocenters. The van der Waals surface area contributed by atoms with Gasteiger partial charge >= 0.3 is 0 Å². The van der Waals surface area contributed by atoms with E-state index in [1.165, 1.54) is 0 Å². The van der Waals surface area contributed by atoms with Crippen molar-refractivity contribution in [1.29, 1.82) is 0 Å². The number of nitrogens with two attached hydrogens (primary N) is 1. The maximum atomic E-state index is 6.19. The summed E-state index contributed by atoms with van der Waals surface area (Å²) >= 11 is 11.3. The molecular formula is C13H18ClN3S. The van der Waals surface area contributed by atoms with Crippen molar-refractivity contribution in [3.63, 3.8) is 0 Å². The molecule has 1 aromatic carbocycles. The van der Waals surface area contributed by atoms with Crippen LogP contribution in [0.25, 0.3) is 0 Å². The first-order chi connectivity index (χ1) is 8.63. The van der Waals surface area contributed by atoms with Crippen LogP contribution in [-0.2, 0) is 0 Å². The summed E-state index contributed by atoms with van der Waals surface area (Å²) in [7, 11) is 0. The van der Waals surface area contributed by atoms with E-state index < -0.39 is 0 Å². The number of likely N-dealkylation sites (N-methyl/N-ethyl adjacent to an activating group) is 1. The fraction of sp³-hybridized carbons (Fsp3) is 0.462. The molecule has 0 radical (unpaired) electrons. The number of piperazine rings is 1. The van der Waals surface area contributed by atoms with Gasteiger partial charge in [0.1, 0.15) is 4.99 Å². The van der Waals surface area contributed by atoms with Gasteiger partial charge in [-0.25, -0.2) is 0 Å². The van der Waals surface area contributed by atoms with Gasteiger partial charge in [0.2, 0.25) is 0 Å². The van der Waals surface area contributed by atoms with Gasteiger partial charge in [0.05, 0.1) is 10.6 Å². The molecule has 1 fully saturated rings. The molecule has 1 heterocycles. The molecule has 18 heavy (non-hydrogen) atoms. The molecule has 3 nitrogen and oxygen atoms in total. The molecule has 0 spiro atoms. The van der Waals surface area contributed by atoms with Crippen molar-refractivity contribution in [2.45, 2.75) is 6.92 Å². The SMILES string of the molecule is CCN1CCN(c2cccc(Cl)c2C(N)=S)CC1. The zero-order valence-electron chi connectivity index (χ0n) is 10.5. The summed E-state index contributed by atoms with van der Waals surface area (Å²) in [4.78, 5) is 5.11. The van der Waals surface area contributed by atoms with E-state index in [9.17, 15) is 0 Å². The van der Waals surface area contributed by atoms with Gasteiger partial charge < -0.3 is 15.5 Å². The Morgan fingerprint density at radius 3 is 2.56 bits per heavy atom. The minimum Gasteiger partial charge on any atom is -0.389 e. The van der Waals surface area contributed by atoms with Crippen molar-refractivity contribution in [2.75, 3.05) is 37.6 Å². The first-order valence-electron chi connectivity index (χ1n) is 6.19. The van der Waals surface area contributed by atoms with Crippen LogP contribution in [0.4, 0.5) is 5.69 Å². The van der Waals surface area contributed by atoms with Crippen molar-refractivity contribution in [3.05, 3.63) is 28.8 Å². The third kappa shape index (κ3) is 2.76. The molecule has 2 N–H and O–H groups in total. The molecule has 0 saturated carbocycles. The number of rotatable bonds is 3. The highest BCUT2D eigenvalue weighted by Gasteiger charge is 2.20.